The lowest BCUT2D eigenvalue weighted by Crippen LogP contribution is -2.39. The first kappa shape index (κ1) is 15.6. The highest BCUT2D eigenvalue weighted by atomic mass is 16.3. The van der Waals surface area contributed by atoms with Crippen LogP contribution in [0.3, 0.4) is 0 Å². The third-order valence-electron chi connectivity index (χ3n) is 4.60. The number of aromatic hydroxyl groups is 1. The Hall–Kier alpha value is -2.29. The molecule has 3 rings (SSSR count). The van der Waals surface area contributed by atoms with Crippen LogP contribution in [0.25, 0.3) is 0 Å². The first-order valence-corrected chi connectivity index (χ1v) is 8.30. The van der Waals surface area contributed by atoms with Gasteiger partial charge in [0.25, 0.3) is 0 Å². The smallest absolute Gasteiger partial charge is 0.226 e. The van der Waals surface area contributed by atoms with Crippen LogP contribution in [-0.2, 0) is 17.6 Å². The van der Waals surface area contributed by atoms with Gasteiger partial charge in [-0.3, -0.25) is 4.79 Å². The van der Waals surface area contributed by atoms with E-state index >= 15 is 0 Å². The summed E-state index contributed by atoms with van der Waals surface area (Å²) in [6, 6.07) is 17.5. The topological polar surface area (TPSA) is 40.5 Å². The van der Waals surface area contributed by atoms with E-state index in [0.717, 1.165) is 37.9 Å². The summed E-state index contributed by atoms with van der Waals surface area (Å²) in [6.45, 7) is 1.68. The Kier molecular flexibility index (Phi) is 4.96. The highest BCUT2D eigenvalue weighted by Crippen LogP contribution is 2.22. The number of carbonyl (C=O) groups is 1. The normalized spacial score (nSPS) is 15.6. The molecule has 0 atom stereocenters. The van der Waals surface area contributed by atoms with Gasteiger partial charge in [-0.05, 0) is 48.4 Å². The van der Waals surface area contributed by atoms with Crippen LogP contribution in [0.2, 0.25) is 0 Å². The molecule has 0 bridgehead atoms. The molecule has 0 radical (unpaired) electrons. The van der Waals surface area contributed by atoms with Crippen LogP contribution in [0.5, 0.6) is 5.75 Å². The summed E-state index contributed by atoms with van der Waals surface area (Å²) in [4.78, 5) is 14.4. The van der Waals surface area contributed by atoms with Crippen LogP contribution in [-0.4, -0.2) is 29.0 Å². The zero-order chi connectivity index (χ0) is 16.1. The first-order valence-electron chi connectivity index (χ1n) is 8.30. The summed E-state index contributed by atoms with van der Waals surface area (Å²) < 4.78 is 0. The van der Waals surface area contributed by atoms with Gasteiger partial charge >= 0.3 is 0 Å². The minimum absolute atomic E-state index is 0.161. The Morgan fingerprint density at radius 2 is 1.70 bits per heavy atom. The third-order valence-corrected chi connectivity index (χ3v) is 4.60. The number of carbonyl (C=O) groups excluding carboxylic acids is 1. The number of hydrogen-bond donors (Lipinski definition) is 1. The number of hydrogen-bond acceptors (Lipinski definition) is 2. The average Bonchev–Trinajstić information content (AvgIpc) is 2.56. The van der Waals surface area contributed by atoms with Gasteiger partial charge in [0.15, 0.2) is 0 Å². The molecule has 3 heteroatoms. The number of benzene rings is 2. The molecule has 1 amide bonds. The summed E-state index contributed by atoms with van der Waals surface area (Å²) in [5.74, 6) is 1.05. The maximum Gasteiger partial charge on any atom is 0.226 e. The molecule has 23 heavy (non-hydrogen) atoms. The predicted octanol–water partition coefficient (Wildman–Crippen LogP) is 3.42. The van der Waals surface area contributed by atoms with Crippen LogP contribution in [0.4, 0.5) is 0 Å². The van der Waals surface area contributed by atoms with Gasteiger partial charge in [0.1, 0.15) is 5.75 Å². The van der Waals surface area contributed by atoms with E-state index in [1.807, 2.05) is 17.0 Å². The van der Waals surface area contributed by atoms with Gasteiger partial charge in [-0.15, -0.1) is 0 Å². The Morgan fingerprint density at radius 3 is 2.39 bits per heavy atom. The molecule has 2 aromatic rings. The molecular weight excluding hydrogens is 286 g/mol. The van der Waals surface area contributed by atoms with Crippen molar-refractivity contribution >= 4 is 5.91 Å². The molecule has 1 heterocycles. The number of rotatable bonds is 4. The SMILES string of the molecule is O=C(Cc1cccc(O)c1)N1CCC(Cc2ccccc2)CC1. The van der Waals surface area contributed by atoms with E-state index in [1.165, 1.54) is 5.56 Å². The molecule has 1 fully saturated rings. The van der Waals surface area contributed by atoms with Crippen molar-refractivity contribution in [2.24, 2.45) is 5.92 Å². The third kappa shape index (κ3) is 4.35. The summed E-state index contributed by atoms with van der Waals surface area (Å²) in [6.07, 6.45) is 3.62. The lowest BCUT2D eigenvalue weighted by molar-refractivity contribution is -0.131. The second kappa shape index (κ2) is 7.32. The highest BCUT2D eigenvalue weighted by molar-refractivity contribution is 5.79. The zero-order valence-electron chi connectivity index (χ0n) is 13.3. The standard InChI is InChI=1S/C20H23NO2/c22-19-8-4-7-18(14-19)15-20(23)21-11-9-17(10-12-21)13-16-5-2-1-3-6-16/h1-8,14,17,22H,9-13,15H2. The molecule has 1 aliphatic heterocycles. The van der Waals surface area contributed by atoms with Crippen molar-refractivity contribution < 1.29 is 9.90 Å². The van der Waals surface area contributed by atoms with Crippen LogP contribution in [0.1, 0.15) is 24.0 Å². The van der Waals surface area contributed by atoms with Gasteiger partial charge in [0, 0.05) is 13.1 Å². The number of phenolic OH excluding ortho intramolecular Hbond substituents is 1. The highest BCUT2D eigenvalue weighted by Gasteiger charge is 2.22. The minimum atomic E-state index is 0.161. The maximum absolute atomic E-state index is 12.4. The molecule has 0 saturated carbocycles. The average molecular weight is 309 g/mol. The van der Waals surface area contributed by atoms with Crippen LogP contribution in [0, 0.1) is 5.92 Å². The van der Waals surface area contributed by atoms with E-state index in [2.05, 4.69) is 24.3 Å². The molecule has 0 aliphatic carbocycles. The largest absolute Gasteiger partial charge is 0.508 e. The van der Waals surface area contributed by atoms with E-state index in [4.69, 9.17) is 0 Å². The number of amides is 1. The molecule has 120 valence electrons. The summed E-state index contributed by atoms with van der Waals surface area (Å²) >= 11 is 0. The van der Waals surface area contributed by atoms with E-state index in [1.54, 1.807) is 18.2 Å². The Labute approximate surface area is 137 Å². The minimum Gasteiger partial charge on any atom is -0.508 e. The summed E-state index contributed by atoms with van der Waals surface area (Å²) in [5.41, 5.74) is 2.26. The Balaban J connectivity index is 1.49. The molecule has 2 aromatic carbocycles. The first-order chi connectivity index (χ1) is 11.2. The van der Waals surface area contributed by atoms with E-state index in [0.29, 0.717) is 12.3 Å². The molecule has 1 saturated heterocycles. The van der Waals surface area contributed by atoms with Crippen molar-refractivity contribution in [2.75, 3.05) is 13.1 Å². The fourth-order valence-corrected chi connectivity index (χ4v) is 3.29. The number of nitrogens with zero attached hydrogens (tertiary/aromatic N) is 1. The van der Waals surface area contributed by atoms with Gasteiger partial charge in [0.2, 0.25) is 5.91 Å². The van der Waals surface area contributed by atoms with Crippen molar-refractivity contribution in [1.82, 2.24) is 4.90 Å². The molecule has 1 N–H and O–H groups in total. The molecular formula is C20H23NO2. The van der Waals surface area contributed by atoms with E-state index in [9.17, 15) is 9.90 Å². The van der Waals surface area contributed by atoms with Gasteiger partial charge in [-0.1, -0.05) is 42.5 Å². The van der Waals surface area contributed by atoms with Gasteiger partial charge in [0.05, 0.1) is 6.42 Å². The summed E-state index contributed by atoms with van der Waals surface area (Å²) in [7, 11) is 0. The lowest BCUT2D eigenvalue weighted by Gasteiger charge is -2.32. The van der Waals surface area contributed by atoms with E-state index in [-0.39, 0.29) is 11.7 Å². The fraction of sp³-hybridized carbons (Fsp3) is 0.350. The molecule has 1 aliphatic rings. The fourth-order valence-electron chi connectivity index (χ4n) is 3.29. The maximum atomic E-state index is 12.4. The van der Waals surface area contributed by atoms with Crippen LogP contribution in [0.15, 0.2) is 54.6 Å². The van der Waals surface area contributed by atoms with Crippen molar-refractivity contribution in [3.05, 3.63) is 65.7 Å². The van der Waals surface area contributed by atoms with Gasteiger partial charge < -0.3 is 10.0 Å². The molecule has 0 unspecified atom stereocenters. The van der Waals surface area contributed by atoms with Crippen molar-refractivity contribution in [1.29, 1.82) is 0 Å². The molecule has 3 nitrogen and oxygen atoms in total. The van der Waals surface area contributed by atoms with Gasteiger partial charge in [-0.25, -0.2) is 0 Å². The van der Waals surface area contributed by atoms with E-state index < -0.39 is 0 Å². The van der Waals surface area contributed by atoms with Crippen LogP contribution >= 0.6 is 0 Å². The van der Waals surface area contributed by atoms with Crippen molar-refractivity contribution in [3.63, 3.8) is 0 Å². The molecule has 0 aromatic heterocycles. The van der Waals surface area contributed by atoms with Crippen molar-refractivity contribution in [3.8, 4) is 5.75 Å². The number of piperidine rings is 1. The monoisotopic (exact) mass is 309 g/mol. The Morgan fingerprint density at radius 1 is 1.00 bits per heavy atom. The lowest BCUT2D eigenvalue weighted by atomic mass is 9.90. The second-order valence-corrected chi connectivity index (χ2v) is 6.36. The Bertz CT molecular complexity index is 646. The quantitative estimate of drug-likeness (QED) is 0.940. The molecule has 0 spiro atoms. The van der Waals surface area contributed by atoms with Gasteiger partial charge in [-0.2, -0.15) is 0 Å². The zero-order valence-corrected chi connectivity index (χ0v) is 13.3. The number of phenols is 1. The summed E-state index contributed by atoms with van der Waals surface area (Å²) in [5, 5.41) is 9.49. The predicted molar refractivity (Wildman–Crippen MR) is 91.3 cm³/mol. The number of likely N-dealkylation sites (tertiary alicyclic amines) is 1. The van der Waals surface area contributed by atoms with Crippen LogP contribution < -0.4 is 0 Å². The second-order valence-electron chi connectivity index (χ2n) is 6.36. The van der Waals surface area contributed by atoms with Crippen molar-refractivity contribution in [2.45, 2.75) is 25.7 Å².